The summed E-state index contributed by atoms with van der Waals surface area (Å²) in [6, 6.07) is 17.6. The molecule has 3 aromatic carbocycles. The van der Waals surface area contributed by atoms with Crippen molar-refractivity contribution in [2.45, 2.75) is 35.5 Å². The minimum absolute atomic E-state index is 0.163. The molecule has 264 valence electrons. The third kappa shape index (κ3) is 13.9. The van der Waals surface area contributed by atoms with Gasteiger partial charge < -0.3 is 28.4 Å². The minimum Gasteiger partial charge on any atom is -0.493 e. The molecule has 0 aliphatic carbocycles. The van der Waals surface area contributed by atoms with Crippen molar-refractivity contribution in [3.63, 3.8) is 0 Å². The van der Waals surface area contributed by atoms with Gasteiger partial charge in [-0.25, -0.2) is 9.59 Å². The van der Waals surface area contributed by atoms with Crippen LogP contribution in [0.25, 0.3) is 6.08 Å². The van der Waals surface area contributed by atoms with E-state index in [9.17, 15) is 19.2 Å². The van der Waals surface area contributed by atoms with Crippen LogP contribution in [-0.2, 0) is 23.9 Å². The number of benzene rings is 3. The van der Waals surface area contributed by atoms with Crippen molar-refractivity contribution in [1.82, 2.24) is 0 Å². The van der Waals surface area contributed by atoms with Gasteiger partial charge in [0.25, 0.3) is 0 Å². The van der Waals surface area contributed by atoms with E-state index in [1.165, 1.54) is 13.2 Å². The lowest BCUT2D eigenvalue weighted by Crippen LogP contribution is -2.05. The molecule has 0 radical (unpaired) electrons. The average Bonchev–Trinajstić information content (AvgIpc) is 3.14. The highest BCUT2D eigenvalue weighted by molar-refractivity contribution is 8.14. The quantitative estimate of drug-likeness (QED) is 0.0463. The summed E-state index contributed by atoms with van der Waals surface area (Å²) in [6.07, 6.45) is 8.10. The highest BCUT2D eigenvalue weighted by Gasteiger charge is 2.14. The fourth-order valence-electron chi connectivity index (χ4n) is 4.11. The second kappa shape index (κ2) is 21.9. The molecule has 12 heteroatoms. The van der Waals surface area contributed by atoms with Gasteiger partial charge in [-0.3, -0.25) is 9.59 Å². The second-order valence-corrected chi connectivity index (χ2v) is 12.4. The molecule has 0 saturated heterocycles. The molecule has 0 amide bonds. The largest absolute Gasteiger partial charge is 0.493 e. The van der Waals surface area contributed by atoms with E-state index in [1.807, 2.05) is 6.07 Å². The van der Waals surface area contributed by atoms with Crippen molar-refractivity contribution in [1.29, 1.82) is 0 Å². The Morgan fingerprint density at radius 3 is 1.66 bits per heavy atom. The standard InChI is InChI=1S/C38H40O10S2/c1-5-35(39)47-23-9-7-21-45-31-18-11-27(25-33(31)43-3)12-20-37(41)49-29-14-16-30(17-15-29)50-38(42)28-13-19-32(34(26-28)44-4)46-22-8-10-24-48-36(40)6-2/h5-6,11-20,25-26H,1-2,7-10,21-24H2,3-4H3/b20-12+. The van der Waals surface area contributed by atoms with Gasteiger partial charge in [0.1, 0.15) is 0 Å². The lowest BCUT2D eigenvalue weighted by Gasteiger charge is -2.12. The van der Waals surface area contributed by atoms with Crippen LogP contribution in [0.1, 0.15) is 41.6 Å². The SMILES string of the molecule is C=CC(=O)OCCCCOc1ccc(/C=C/C(=O)Sc2ccc(SC(=O)c3ccc(OCCCCOC(=O)C=C)c(OC)c3)cc2)cc1OC. The van der Waals surface area contributed by atoms with E-state index >= 15 is 0 Å². The van der Waals surface area contributed by atoms with Gasteiger partial charge in [0, 0.05) is 27.5 Å². The van der Waals surface area contributed by atoms with E-state index in [2.05, 4.69) is 13.2 Å². The summed E-state index contributed by atoms with van der Waals surface area (Å²) in [5, 5.41) is -0.333. The maximum atomic E-state index is 13.0. The Bertz CT molecular complexity index is 1650. The van der Waals surface area contributed by atoms with Crippen LogP contribution in [0.4, 0.5) is 0 Å². The first-order valence-corrected chi connectivity index (χ1v) is 17.3. The summed E-state index contributed by atoms with van der Waals surface area (Å²) < 4.78 is 32.4. The molecule has 0 bridgehead atoms. The molecule has 0 atom stereocenters. The Kier molecular flexibility index (Phi) is 17.3. The Morgan fingerprint density at radius 1 is 0.620 bits per heavy atom. The normalized spacial score (nSPS) is 10.6. The molecule has 0 fully saturated rings. The zero-order valence-electron chi connectivity index (χ0n) is 28.1. The first-order chi connectivity index (χ1) is 24.3. The maximum absolute atomic E-state index is 13.0. The molecule has 10 nitrogen and oxygen atoms in total. The lowest BCUT2D eigenvalue weighted by atomic mass is 10.2. The van der Waals surface area contributed by atoms with E-state index in [0.29, 0.717) is 74.1 Å². The second-order valence-electron chi connectivity index (χ2n) is 10.2. The van der Waals surface area contributed by atoms with Crippen molar-refractivity contribution in [3.05, 3.63) is 103 Å². The predicted octanol–water partition coefficient (Wildman–Crippen LogP) is 7.74. The zero-order chi connectivity index (χ0) is 36.1. The van der Waals surface area contributed by atoms with Gasteiger partial charge in [0.2, 0.25) is 10.2 Å². The Morgan fingerprint density at radius 2 is 1.12 bits per heavy atom. The fraction of sp³-hybridized carbons (Fsp3) is 0.263. The van der Waals surface area contributed by atoms with Crippen molar-refractivity contribution in [3.8, 4) is 23.0 Å². The summed E-state index contributed by atoms with van der Waals surface area (Å²) >= 11 is 2.14. The minimum atomic E-state index is -0.455. The van der Waals surface area contributed by atoms with Gasteiger partial charge in [0.15, 0.2) is 23.0 Å². The molecule has 3 aromatic rings. The van der Waals surface area contributed by atoms with Crippen molar-refractivity contribution >= 4 is 51.8 Å². The summed E-state index contributed by atoms with van der Waals surface area (Å²) in [6.45, 7) is 8.12. The highest BCUT2D eigenvalue weighted by Crippen LogP contribution is 2.33. The van der Waals surface area contributed by atoms with Crippen LogP contribution in [0.5, 0.6) is 23.0 Å². The summed E-state index contributed by atoms with van der Waals surface area (Å²) in [5.41, 5.74) is 1.22. The van der Waals surface area contributed by atoms with Crippen LogP contribution >= 0.6 is 23.5 Å². The van der Waals surface area contributed by atoms with Gasteiger partial charge in [-0.2, -0.15) is 0 Å². The summed E-state index contributed by atoms with van der Waals surface area (Å²) in [7, 11) is 3.05. The van der Waals surface area contributed by atoms with Gasteiger partial charge in [-0.15, -0.1) is 0 Å². The smallest absolute Gasteiger partial charge is 0.330 e. The highest BCUT2D eigenvalue weighted by atomic mass is 32.2. The van der Waals surface area contributed by atoms with E-state index in [0.717, 1.165) is 51.0 Å². The number of rotatable bonds is 21. The molecule has 0 saturated carbocycles. The van der Waals surface area contributed by atoms with Crippen LogP contribution in [0.2, 0.25) is 0 Å². The maximum Gasteiger partial charge on any atom is 0.330 e. The molecule has 0 heterocycles. The average molecular weight is 721 g/mol. The zero-order valence-corrected chi connectivity index (χ0v) is 29.7. The van der Waals surface area contributed by atoms with Gasteiger partial charge in [-0.05, 0) is 115 Å². The van der Waals surface area contributed by atoms with Crippen molar-refractivity contribution < 1.29 is 47.6 Å². The number of thioether (sulfide) groups is 2. The third-order valence-electron chi connectivity index (χ3n) is 6.67. The number of hydrogen-bond donors (Lipinski definition) is 0. The first-order valence-electron chi connectivity index (χ1n) is 15.7. The molecular formula is C38H40O10S2. The molecule has 0 unspecified atom stereocenters. The molecule has 0 aliphatic rings. The third-order valence-corrected chi connectivity index (χ3v) is 8.44. The van der Waals surface area contributed by atoms with E-state index < -0.39 is 11.9 Å². The Balaban J connectivity index is 1.46. The fourth-order valence-corrected chi connectivity index (χ4v) is 5.48. The Labute approximate surface area is 300 Å². The molecule has 0 N–H and O–H groups in total. The van der Waals surface area contributed by atoms with Crippen LogP contribution in [0, 0.1) is 0 Å². The van der Waals surface area contributed by atoms with Gasteiger partial charge in [0.05, 0.1) is 40.6 Å². The lowest BCUT2D eigenvalue weighted by molar-refractivity contribution is -0.138. The monoisotopic (exact) mass is 720 g/mol. The van der Waals surface area contributed by atoms with Crippen molar-refractivity contribution in [2.24, 2.45) is 0 Å². The summed E-state index contributed by atoms with van der Waals surface area (Å²) in [5.74, 6) is 1.16. The molecule has 0 aromatic heterocycles. The van der Waals surface area contributed by atoms with Crippen LogP contribution in [-0.4, -0.2) is 62.8 Å². The van der Waals surface area contributed by atoms with Crippen LogP contribution in [0.3, 0.4) is 0 Å². The topological polar surface area (TPSA) is 124 Å². The van der Waals surface area contributed by atoms with Crippen molar-refractivity contribution in [2.75, 3.05) is 40.6 Å². The van der Waals surface area contributed by atoms with Gasteiger partial charge >= 0.3 is 11.9 Å². The molecular weight excluding hydrogens is 681 g/mol. The number of ether oxygens (including phenoxy) is 6. The Hall–Kier alpha value is -4.94. The molecule has 3 rings (SSSR count). The number of hydrogen-bond acceptors (Lipinski definition) is 12. The number of esters is 2. The molecule has 50 heavy (non-hydrogen) atoms. The summed E-state index contributed by atoms with van der Waals surface area (Å²) in [4.78, 5) is 49.3. The molecule has 0 aliphatic heterocycles. The first kappa shape index (κ1) is 39.5. The van der Waals surface area contributed by atoms with E-state index in [1.54, 1.807) is 67.8 Å². The number of methoxy groups -OCH3 is 2. The van der Waals surface area contributed by atoms with E-state index in [-0.39, 0.29) is 16.8 Å². The number of carbonyl (C=O) groups is 4. The number of unbranched alkanes of at least 4 members (excludes halogenated alkanes) is 2. The van der Waals surface area contributed by atoms with Crippen LogP contribution in [0.15, 0.2) is 102 Å². The van der Waals surface area contributed by atoms with E-state index in [4.69, 9.17) is 28.4 Å². The molecule has 0 spiro atoms. The number of carbonyl (C=O) groups excluding carboxylic acids is 4. The van der Waals surface area contributed by atoms with Gasteiger partial charge in [-0.1, -0.05) is 25.3 Å². The van der Waals surface area contributed by atoms with Crippen LogP contribution < -0.4 is 18.9 Å². The predicted molar refractivity (Wildman–Crippen MR) is 194 cm³/mol.